The summed E-state index contributed by atoms with van der Waals surface area (Å²) in [5, 5.41) is 22.8. The van der Waals surface area contributed by atoms with Crippen LogP contribution in [0.3, 0.4) is 0 Å². The van der Waals surface area contributed by atoms with Gasteiger partial charge in [-0.3, -0.25) is 29.6 Å². The minimum Gasteiger partial charge on any atom is -0.463 e. The van der Waals surface area contributed by atoms with E-state index in [1.165, 1.54) is 4.57 Å². The van der Waals surface area contributed by atoms with Crippen molar-refractivity contribution in [3.63, 3.8) is 0 Å². The number of esters is 1. The van der Waals surface area contributed by atoms with E-state index in [1.807, 2.05) is 31.2 Å². The molecule has 5 rings (SSSR count). The largest absolute Gasteiger partial charge is 0.463 e. The molecule has 4 aromatic rings. The van der Waals surface area contributed by atoms with Crippen LogP contribution in [-0.2, 0) is 9.53 Å². The number of hydrogen-bond acceptors (Lipinski definition) is 10. The van der Waals surface area contributed by atoms with Crippen molar-refractivity contribution < 1.29 is 24.1 Å². The number of hydrogen-bond donors (Lipinski definition) is 0. The van der Waals surface area contributed by atoms with Crippen molar-refractivity contribution in [3.8, 4) is 11.5 Å². The van der Waals surface area contributed by atoms with Crippen molar-refractivity contribution in [2.45, 2.75) is 26.8 Å². The Morgan fingerprint density at radius 2 is 1.74 bits per heavy atom. The van der Waals surface area contributed by atoms with Crippen LogP contribution in [0.5, 0.6) is 11.5 Å². The fourth-order valence-electron chi connectivity index (χ4n) is 4.66. The minimum atomic E-state index is -0.771. The second kappa shape index (κ2) is 11.8. The van der Waals surface area contributed by atoms with Gasteiger partial charge in [0, 0.05) is 11.6 Å². The van der Waals surface area contributed by atoms with E-state index >= 15 is 0 Å². The number of nitro benzene ring substituents is 2. The number of rotatable bonds is 8. The van der Waals surface area contributed by atoms with Crippen molar-refractivity contribution in [2.75, 3.05) is 6.61 Å². The van der Waals surface area contributed by atoms with Gasteiger partial charge in [-0.25, -0.2) is 9.79 Å². The molecular formula is C30H24N4O8S. The molecule has 0 amide bonds. The molecule has 0 aliphatic carbocycles. The maximum Gasteiger partial charge on any atom is 0.338 e. The first-order chi connectivity index (χ1) is 20.6. The molecule has 3 aromatic carbocycles. The Balaban J connectivity index is 1.64. The fraction of sp³-hybridized carbons (Fsp3) is 0.167. The van der Waals surface area contributed by atoms with Crippen LogP contribution in [0.2, 0.25) is 0 Å². The van der Waals surface area contributed by atoms with Gasteiger partial charge in [0.15, 0.2) is 4.80 Å². The topological polar surface area (TPSA) is 156 Å². The number of aromatic nitrogens is 1. The lowest BCUT2D eigenvalue weighted by molar-refractivity contribution is -0.394. The number of fused-ring (bicyclic) bond motifs is 1. The van der Waals surface area contributed by atoms with Gasteiger partial charge in [-0.2, -0.15) is 0 Å². The lowest BCUT2D eigenvalue weighted by Crippen LogP contribution is -2.39. The summed E-state index contributed by atoms with van der Waals surface area (Å²) in [6, 6.07) is 16.4. The normalized spacial score (nSPS) is 14.6. The molecule has 0 unspecified atom stereocenters. The molecular weight excluding hydrogens is 576 g/mol. The number of thiazole rings is 1. The lowest BCUT2D eigenvalue weighted by atomic mass is 9.95. The first-order valence-electron chi connectivity index (χ1n) is 13.0. The van der Waals surface area contributed by atoms with Crippen LogP contribution in [0.25, 0.3) is 6.08 Å². The highest BCUT2D eigenvalue weighted by molar-refractivity contribution is 7.07. The molecule has 0 saturated heterocycles. The van der Waals surface area contributed by atoms with Crippen molar-refractivity contribution in [2.24, 2.45) is 4.99 Å². The molecule has 0 bridgehead atoms. The molecule has 12 nitrogen and oxygen atoms in total. The van der Waals surface area contributed by atoms with Crippen molar-refractivity contribution in [1.29, 1.82) is 0 Å². The molecule has 43 heavy (non-hydrogen) atoms. The first-order valence-corrected chi connectivity index (χ1v) is 13.9. The Hall–Kier alpha value is -5.43. The monoisotopic (exact) mass is 600 g/mol. The first kappa shape index (κ1) is 29.1. The maximum atomic E-state index is 13.9. The second-order valence-electron chi connectivity index (χ2n) is 9.52. The average Bonchev–Trinajstić information content (AvgIpc) is 3.27. The highest BCUT2D eigenvalue weighted by Crippen LogP contribution is 2.36. The van der Waals surface area contributed by atoms with E-state index in [4.69, 9.17) is 9.47 Å². The van der Waals surface area contributed by atoms with Crippen molar-refractivity contribution >= 4 is 34.8 Å². The van der Waals surface area contributed by atoms with E-state index in [0.29, 0.717) is 21.6 Å². The number of carbonyl (C=O) groups excluding carboxylic acids is 1. The number of nitrogens with zero attached hydrogens (tertiary/aromatic N) is 4. The smallest absolute Gasteiger partial charge is 0.338 e. The molecule has 0 fully saturated rings. The lowest BCUT2D eigenvalue weighted by Gasteiger charge is -2.24. The quantitative estimate of drug-likeness (QED) is 0.160. The number of allylic oxidation sites excluding steroid dienone is 1. The number of benzene rings is 3. The average molecular weight is 601 g/mol. The number of aryl methyl sites for hydroxylation is 1. The summed E-state index contributed by atoms with van der Waals surface area (Å²) in [5.41, 5.74) is 1.42. The van der Waals surface area contributed by atoms with Crippen LogP contribution >= 0.6 is 11.3 Å². The maximum absolute atomic E-state index is 13.9. The third-order valence-corrected chi connectivity index (χ3v) is 7.67. The molecule has 0 spiro atoms. The summed E-state index contributed by atoms with van der Waals surface area (Å²) in [5.74, 6) is -0.581. The molecule has 1 aliphatic heterocycles. The Morgan fingerprint density at radius 1 is 1.02 bits per heavy atom. The molecule has 1 aliphatic rings. The van der Waals surface area contributed by atoms with E-state index in [9.17, 15) is 29.8 Å². The summed E-state index contributed by atoms with van der Waals surface area (Å²) in [7, 11) is 0. The molecule has 0 N–H and O–H groups in total. The molecule has 0 saturated carbocycles. The Bertz CT molecular complexity index is 1990. The van der Waals surface area contributed by atoms with Gasteiger partial charge in [-0.05, 0) is 44.5 Å². The Kier molecular flexibility index (Phi) is 7.99. The van der Waals surface area contributed by atoms with Gasteiger partial charge >= 0.3 is 11.7 Å². The van der Waals surface area contributed by atoms with Gasteiger partial charge in [0.25, 0.3) is 11.2 Å². The van der Waals surface area contributed by atoms with Crippen LogP contribution in [0, 0.1) is 27.2 Å². The second-order valence-corrected chi connectivity index (χ2v) is 10.5. The summed E-state index contributed by atoms with van der Waals surface area (Å²) in [6.07, 6.45) is 1.58. The molecule has 2 heterocycles. The molecule has 1 atom stereocenters. The zero-order chi connectivity index (χ0) is 30.8. The van der Waals surface area contributed by atoms with Gasteiger partial charge < -0.3 is 9.47 Å². The van der Waals surface area contributed by atoms with E-state index in [-0.39, 0.29) is 28.2 Å². The summed E-state index contributed by atoms with van der Waals surface area (Å²) in [6.45, 7) is 5.50. The predicted octanol–water partition coefficient (Wildman–Crippen LogP) is 4.72. The van der Waals surface area contributed by atoms with E-state index in [0.717, 1.165) is 35.1 Å². The Morgan fingerprint density at radius 3 is 2.42 bits per heavy atom. The van der Waals surface area contributed by atoms with Gasteiger partial charge in [0.05, 0.1) is 44.4 Å². The van der Waals surface area contributed by atoms with Gasteiger partial charge in [0.1, 0.15) is 5.75 Å². The molecule has 1 aromatic heterocycles. The Labute approximate surface area is 247 Å². The SMILES string of the molecule is CCOC(=O)C1=C(C)N=c2s/c(=C/c3ccccc3Oc3ccc([N+](=O)[O-])cc3[N+](=O)[O-])c(=O)n2[C@@H]1c1ccc(C)cc1. The van der Waals surface area contributed by atoms with Crippen LogP contribution in [0.15, 0.2) is 87.8 Å². The number of carbonyl (C=O) groups is 1. The highest BCUT2D eigenvalue weighted by atomic mass is 32.1. The number of non-ortho nitro benzene ring substituents is 1. The van der Waals surface area contributed by atoms with Gasteiger partial charge in [-0.1, -0.05) is 59.4 Å². The third kappa shape index (κ3) is 5.70. The van der Waals surface area contributed by atoms with E-state index in [1.54, 1.807) is 44.2 Å². The standard InChI is InChI=1S/C30H24N4O8S/c1-4-41-29(36)26-18(3)31-30-32(27(26)19-11-9-17(2)10-12-19)28(35)25(43-30)15-20-7-5-6-8-23(20)42-24-14-13-21(33(37)38)16-22(24)34(39)40/h5-16,27H,4H2,1-3H3/b25-15+/t27-/m1/s1. The zero-order valence-electron chi connectivity index (χ0n) is 23.2. The highest BCUT2D eigenvalue weighted by Gasteiger charge is 2.33. The van der Waals surface area contributed by atoms with Crippen LogP contribution in [0.4, 0.5) is 11.4 Å². The van der Waals surface area contributed by atoms with Crippen molar-refractivity contribution in [1.82, 2.24) is 4.57 Å². The van der Waals surface area contributed by atoms with Crippen LogP contribution < -0.4 is 19.6 Å². The third-order valence-electron chi connectivity index (χ3n) is 6.69. The number of para-hydroxylation sites is 1. The van der Waals surface area contributed by atoms with Crippen molar-refractivity contribution in [3.05, 3.63) is 135 Å². The summed E-state index contributed by atoms with van der Waals surface area (Å²) < 4.78 is 12.9. The summed E-state index contributed by atoms with van der Waals surface area (Å²) >= 11 is 1.12. The van der Waals surface area contributed by atoms with Gasteiger partial charge in [-0.15, -0.1) is 0 Å². The molecule has 218 valence electrons. The fourth-order valence-corrected chi connectivity index (χ4v) is 5.69. The zero-order valence-corrected chi connectivity index (χ0v) is 24.0. The van der Waals surface area contributed by atoms with Crippen LogP contribution in [0.1, 0.15) is 36.6 Å². The van der Waals surface area contributed by atoms with E-state index < -0.39 is 38.8 Å². The number of nitro groups is 2. The molecule has 0 radical (unpaired) electrons. The predicted molar refractivity (Wildman–Crippen MR) is 158 cm³/mol. The number of ether oxygens (including phenoxy) is 2. The minimum absolute atomic E-state index is 0.157. The van der Waals surface area contributed by atoms with Crippen LogP contribution in [-0.4, -0.2) is 27.0 Å². The van der Waals surface area contributed by atoms with E-state index in [2.05, 4.69) is 4.99 Å². The molecule has 13 heteroatoms. The summed E-state index contributed by atoms with van der Waals surface area (Å²) in [4.78, 5) is 53.2. The van der Waals surface area contributed by atoms with Gasteiger partial charge in [0.2, 0.25) is 5.75 Å².